The molecule has 32 heavy (non-hydrogen) atoms. The number of rotatable bonds is 8. The minimum Gasteiger partial charge on any atom is -0.497 e. The van der Waals surface area contributed by atoms with Crippen molar-refractivity contribution in [2.75, 3.05) is 58.5 Å². The fraction of sp³-hybridized carbons (Fsp3) is 0.375. The quantitative estimate of drug-likeness (QED) is 0.463. The van der Waals surface area contributed by atoms with Gasteiger partial charge in [-0.2, -0.15) is 0 Å². The van der Waals surface area contributed by atoms with Crippen LogP contribution in [0.5, 0.6) is 5.75 Å². The Bertz CT molecular complexity index is 983. The van der Waals surface area contributed by atoms with Crippen LogP contribution in [-0.2, 0) is 14.3 Å². The maximum Gasteiger partial charge on any atom is 0.277 e. The van der Waals surface area contributed by atoms with Crippen LogP contribution in [0.15, 0.2) is 54.4 Å². The molecule has 0 atom stereocenters. The Hall–Kier alpha value is -3.39. The summed E-state index contributed by atoms with van der Waals surface area (Å²) < 4.78 is 10.4. The summed E-state index contributed by atoms with van der Waals surface area (Å²) in [6.45, 7) is 3.55. The summed E-state index contributed by atoms with van der Waals surface area (Å²) in [4.78, 5) is 36.7. The van der Waals surface area contributed by atoms with E-state index in [9.17, 15) is 9.59 Å². The Morgan fingerprint density at radius 1 is 0.906 bits per heavy atom. The van der Waals surface area contributed by atoms with Crippen LogP contribution in [0.3, 0.4) is 0 Å². The van der Waals surface area contributed by atoms with Crippen molar-refractivity contribution >= 4 is 23.2 Å². The highest BCUT2D eigenvalue weighted by Crippen LogP contribution is 2.33. The third kappa shape index (κ3) is 4.31. The topological polar surface area (TPSA) is 75.2 Å². The number of anilines is 1. The summed E-state index contributed by atoms with van der Waals surface area (Å²) in [5.74, 6) is 1.14. The number of amides is 2. The smallest absolute Gasteiger partial charge is 0.277 e. The Balaban J connectivity index is 1.61. The minimum absolute atomic E-state index is 0.233. The average molecular weight is 437 g/mol. The van der Waals surface area contributed by atoms with Gasteiger partial charge in [-0.05, 0) is 36.2 Å². The zero-order valence-electron chi connectivity index (χ0n) is 18.5. The number of carbonyl (C=O) groups is 2. The first-order chi connectivity index (χ1) is 15.6. The molecule has 1 aromatic heterocycles. The van der Waals surface area contributed by atoms with Crippen molar-refractivity contribution in [3.63, 3.8) is 0 Å². The second kappa shape index (κ2) is 9.82. The van der Waals surface area contributed by atoms with Crippen LogP contribution in [0.2, 0.25) is 0 Å². The SMILES string of the molecule is COCCCN1C(=O)C(c2ccc(OC)cc2)=C(N2CCN(c3ccccn3)CC2)C1=O. The van der Waals surface area contributed by atoms with Gasteiger partial charge >= 0.3 is 0 Å². The highest BCUT2D eigenvalue weighted by molar-refractivity contribution is 6.35. The molecule has 2 amide bonds. The number of piperazine rings is 1. The van der Waals surface area contributed by atoms with Gasteiger partial charge in [-0.1, -0.05) is 18.2 Å². The molecule has 0 N–H and O–H groups in total. The molecular weight excluding hydrogens is 408 g/mol. The molecule has 0 saturated carbocycles. The lowest BCUT2D eigenvalue weighted by molar-refractivity contribution is -0.137. The Morgan fingerprint density at radius 3 is 2.25 bits per heavy atom. The van der Waals surface area contributed by atoms with Crippen molar-refractivity contribution in [2.24, 2.45) is 0 Å². The van der Waals surface area contributed by atoms with Crippen molar-refractivity contribution in [2.45, 2.75) is 6.42 Å². The van der Waals surface area contributed by atoms with Gasteiger partial charge in [-0.25, -0.2) is 4.98 Å². The van der Waals surface area contributed by atoms with Gasteiger partial charge in [0.2, 0.25) is 0 Å². The van der Waals surface area contributed by atoms with Gasteiger partial charge in [0.05, 0.1) is 12.7 Å². The van der Waals surface area contributed by atoms with Crippen LogP contribution >= 0.6 is 0 Å². The maximum absolute atomic E-state index is 13.4. The maximum atomic E-state index is 13.4. The molecule has 1 saturated heterocycles. The fourth-order valence-corrected chi connectivity index (χ4v) is 4.14. The van der Waals surface area contributed by atoms with Gasteiger partial charge in [0, 0.05) is 52.6 Å². The number of carbonyl (C=O) groups excluding carboxylic acids is 2. The molecule has 2 aliphatic rings. The second-order valence-electron chi connectivity index (χ2n) is 7.72. The van der Waals surface area contributed by atoms with E-state index < -0.39 is 0 Å². The van der Waals surface area contributed by atoms with Gasteiger partial charge in [0.1, 0.15) is 17.3 Å². The van der Waals surface area contributed by atoms with E-state index >= 15 is 0 Å². The van der Waals surface area contributed by atoms with E-state index in [0.717, 1.165) is 24.5 Å². The van der Waals surface area contributed by atoms with Gasteiger partial charge < -0.3 is 19.3 Å². The third-order valence-corrected chi connectivity index (χ3v) is 5.82. The first-order valence-electron chi connectivity index (χ1n) is 10.8. The van der Waals surface area contributed by atoms with Crippen LogP contribution in [0.4, 0.5) is 5.82 Å². The molecule has 8 nitrogen and oxygen atoms in total. The molecule has 0 radical (unpaired) electrons. The number of pyridine rings is 1. The second-order valence-corrected chi connectivity index (χ2v) is 7.72. The highest BCUT2D eigenvalue weighted by atomic mass is 16.5. The zero-order chi connectivity index (χ0) is 22.5. The monoisotopic (exact) mass is 436 g/mol. The van der Waals surface area contributed by atoms with Gasteiger partial charge in [0.25, 0.3) is 11.8 Å². The van der Waals surface area contributed by atoms with Gasteiger partial charge in [-0.3, -0.25) is 14.5 Å². The Labute approximate surface area is 188 Å². The Kier molecular flexibility index (Phi) is 6.70. The van der Waals surface area contributed by atoms with Crippen molar-refractivity contribution in [1.82, 2.24) is 14.8 Å². The molecule has 168 valence electrons. The molecule has 4 rings (SSSR count). The third-order valence-electron chi connectivity index (χ3n) is 5.82. The molecule has 2 aromatic rings. The summed E-state index contributed by atoms with van der Waals surface area (Å²) in [5.41, 5.74) is 1.67. The lowest BCUT2D eigenvalue weighted by Crippen LogP contribution is -2.48. The van der Waals surface area contributed by atoms with Gasteiger partial charge in [-0.15, -0.1) is 0 Å². The average Bonchev–Trinajstić information content (AvgIpc) is 3.09. The molecule has 0 bridgehead atoms. The predicted octanol–water partition coefficient (Wildman–Crippen LogP) is 2.03. The number of benzene rings is 1. The van der Waals surface area contributed by atoms with Crippen molar-refractivity contribution in [3.8, 4) is 5.75 Å². The highest BCUT2D eigenvalue weighted by Gasteiger charge is 2.41. The van der Waals surface area contributed by atoms with Crippen molar-refractivity contribution < 1.29 is 19.1 Å². The molecule has 0 spiro atoms. The summed E-state index contributed by atoms with van der Waals surface area (Å²) >= 11 is 0. The number of nitrogens with zero attached hydrogens (tertiary/aromatic N) is 4. The van der Waals surface area contributed by atoms with E-state index in [1.54, 1.807) is 20.4 Å². The van der Waals surface area contributed by atoms with Crippen LogP contribution in [0.25, 0.3) is 5.57 Å². The van der Waals surface area contributed by atoms with E-state index in [4.69, 9.17) is 9.47 Å². The van der Waals surface area contributed by atoms with E-state index in [2.05, 4.69) is 9.88 Å². The number of hydrogen-bond acceptors (Lipinski definition) is 7. The minimum atomic E-state index is -0.251. The van der Waals surface area contributed by atoms with Gasteiger partial charge in [0.15, 0.2) is 0 Å². The summed E-state index contributed by atoms with van der Waals surface area (Å²) in [6.07, 6.45) is 2.38. The first kappa shape index (κ1) is 21.8. The molecule has 0 aliphatic carbocycles. The number of imide groups is 1. The summed E-state index contributed by atoms with van der Waals surface area (Å²) in [6, 6.07) is 13.1. The molecule has 0 unspecified atom stereocenters. The lowest BCUT2D eigenvalue weighted by Gasteiger charge is -2.37. The fourth-order valence-electron chi connectivity index (χ4n) is 4.14. The Morgan fingerprint density at radius 2 is 1.62 bits per heavy atom. The van der Waals surface area contributed by atoms with Crippen LogP contribution < -0.4 is 9.64 Å². The predicted molar refractivity (Wildman–Crippen MR) is 121 cm³/mol. The molecular formula is C24H28N4O4. The lowest BCUT2D eigenvalue weighted by atomic mass is 10.0. The normalized spacial score (nSPS) is 16.9. The first-order valence-corrected chi connectivity index (χ1v) is 10.8. The summed E-state index contributed by atoms with van der Waals surface area (Å²) in [5, 5.41) is 0. The van der Waals surface area contributed by atoms with E-state index in [0.29, 0.717) is 49.7 Å². The zero-order valence-corrected chi connectivity index (χ0v) is 18.5. The number of methoxy groups -OCH3 is 2. The standard InChI is InChI=1S/C24H28N4O4/c1-31-17-5-12-28-23(29)21(18-7-9-19(32-2)10-8-18)22(24(28)30)27-15-13-26(14-16-27)20-6-3-4-11-25-20/h3-4,6-11H,5,12-17H2,1-2H3. The largest absolute Gasteiger partial charge is 0.497 e. The molecule has 8 heteroatoms. The van der Waals surface area contributed by atoms with Crippen molar-refractivity contribution in [3.05, 3.63) is 59.9 Å². The van der Waals surface area contributed by atoms with Crippen LogP contribution in [0.1, 0.15) is 12.0 Å². The molecule has 1 aromatic carbocycles. The van der Waals surface area contributed by atoms with Crippen LogP contribution in [0, 0.1) is 0 Å². The van der Waals surface area contributed by atoms with E-state index in [1.807, 2.05) is 47.4 Å². The van der Waals surface area contributed by atoms with E-state index in [-0.39, 0.29) is 11.8 Å². The van der Waals surface area contributed by atoms with Crippen LogP contribution in [-0.4, -0.2) is 80.1 Å². The number of hydrogen-bond donors (Lipinski definition) is 0. The molecule has 1 fully saturated rings. The molecule has 2 aliphatic heterocycles. The van der Waals surface area contributed by atoms with Crippen molar-refractivity contribution in [1.29, 1.82) is 0 Å². The summed E-state index contributed by atoms with van der Waals surface area (Å²) in [7, 11) is 3.21. The number of aromatic nitrogens is 1. The molecule has 3 heterocycles. The number of ether oxygens (including phenoxy) is 2. The van der Waals surface area contributed by atoms with E-state index in [1.165, 1.54) is 4.90 Å².